The number of nitrogens with one attached hydrogen (secondary N) is 7. The predicted octanol–water partition coefficient (Wildman–Crippen LogP) is -1.75. The lowest BCUT2D eigenvalue weighted by molar-refractivity contribution is -0.140. The first-order valence-corrected chi connectivity index (χ1v) is 56.5. The molecule has 0 aromatic carbocycles. The van der Waals surface area contributed by atoms with Gasteiger partial charge in [-0.2, -0.15) is 0 Å². The molecule has 0 amide bonds. The number of carbonyl (C=O) groups excluding carboxylic acids is 3. The summed E-state index contributed by atoms with van der Waals surface area (Å²) in [5, 5.41) is 98.7. The number of rotatable bonds is 31. The molecule has 10 heterocycles. The molecule has 0 bridgehead atoms. The summed E-state index contributed by atoms with van der Waals surface area (Å²) < 4.78 is 54.3. The normalized spacial score (nSPS) is 26.5. The molecule has 5 saturated heterocycles. The number of aliphatic hydroxyl groups is 9. The van der Waals surface area contributed by atoms with Gasteiger partial charge in [-0.25, -0.2) is 14.4 Å². The van der Waals surface area contributed by atoms with Crippen LogP contribution in [0.4, 0.5) is 0 Å². The van der Waals surface area contributed by atoms with Crippen LogP contribution in [0.5, 0.6) is 0 Å². The highest BCUT2D eigenvalue weighted by Crippen LogP contribution is 2.45. The molecule has 0 saturated carbocycles. The Morgan fingerprint density at radius 1 is 0.354 bits per heavy atom. The van der Waals surface area contributed by atoms with Crippen LogP contribution in [0, 0.1) is 9.54 Å². The van der Waals surface area contributed by atoms with Crippen molar-refractivity contribution in [3.63, 3.8) is 0 Å². The van der Waals surface area contributed by atoms with E-state index >= 15 is 0 Å². The summed E-state index contributed by atoms with van der Waals surface area (Å²) in [5.74, 6) is -1.83. The highest BCUT2D eigenvalue weighted by atomic mass is 32.1. The first kappa shape index (κ1) is 109. The van der Waals surface area contributed by atoms with Crippen molar-refractivity contribution in [3.05, 3.63) is 152 Å². The first-order valence-electron chi connectivity index (χ1n) is 40.4. The topological polar surface area (TPSA) is 581 Å². The van der Waals surface area contributed by atoms with Gasteiger partial charge in [0.05, 0.1) is 71.1 Å². The number of nitrogens with zero attached hydrogens (tertiary/aromatic N) is 5. The van der Waals surface area contributed by atoms with Crippen LogP contribution in [-0.4, -0.2) is 375 Å². The molecule has 5 fully saturated rings. The lowest BCUT2D eigenvalue weighted by Crippen LogP contribution is -2.40. The molecule has 20 atom stereocenters. The third-order valence-electron chi connectivity index (χ3n) is 21.0. The van der Waals surface area contributed by atoms with E-state index < -0.39 is 214 Å². The van der Waals surface area contributed by atoms with Gasteiger partial charge in [0.25, 0.3) is 27.8 Å². The SMILES string of the molecule is C=P(C)(C)CC[C@H]1OC(n2cc(CC(=O)OC)c(=O)[nH]c2=O)[C@H](O)[C@@H]1O.C=P(C)(C)CC[C@H]1OC(n2cc(CC(=O)OC)c(=O)[nH]c2=O)[C@H](OC)[C@@H]1O.C=P(C)(C)CC[C@H]1OC(n2cc(CC(=O)OC)c(=O)[nH]c2=S)[C@H](O)[C@@H]1O.C=P(C)(C)CC[C@H]1OC(n2cc(CNC)c(=O)[nH]c2=O)[C@H](O)[C@@H]1O.C=P(C)(C)CC[C@H]1OC(n2cc(CNC)c(=O)[nH]c2=S)[C@H](O)[C@@H]1O. The molecule has 0 aliphatic carbocycles. The number of carbonyl (C=O) groups is 3. The highest BCUT2D eigenvalue weighted by Gasteiger charge is 2.49. The van der Waals surface area contributed by atoms with Crippen LogP contribution in [0.3, 0.4) is 0 Å². The zero-order valence-corrected chi connectivity index (χ0v) is 80.7. The van der Waals surface area contributed by atoms with E-state index in [1.807, 2.05) is 13.3 Å². The molecule has 0 spiro atoms. The van der Waals surface area contributed by atoms with Gasteiger partial charge in [-0.15, -0.1) is 65.9 Å². The molecule has 48 heteroatoms. The molecule has 5 aliphatic rings. The van der Waals surface area contributed by atoms with Crippen LogP contribution >= 0.6 is 58.9 Å². The van der Waals surface area contributed by atoms with Gasteiger partial charge in [-0.3, -0.25) is 86.1 Å². The van der Waals surface area contributed by atoms with Crippen LogP contribution < -0.4 is 55.5 Å². The minimum Gasteiger partial charge on any atom is -0.469 e. The van der Waals surface area contributed by atoms with Gasteiger partial charge < -0.3 is 99.2 Å². The number of esters is 3. The monoisotopic (exact) mass is 1930 g/mol. The molecular formula is C79H129N12O29P5S2. The summed E-state index contributed by atoms with van der Waals surface area (Å²) in [6.45, 7) is 15.0. The van der Waals surface area contributed by atoms with Crippen molar-refractivity contribution in [1.82, 2.24) is 58.4 Å². The molecule has 5 aromatic heterocycles. The van der Waals surface area contributed by atoms with E-state index in [1.165, 1.54) is 56.2 Å². The molecule has 16 N–H and O–H groups in total. The summed E-state index contributed by atoms with van der Waals surface area (Å²) in [7, 11) is 8.45. The van der Waals surface area contributed by atoms with E-state index in [0.717, 1.165) is 50.7 Å². The summed E-state index contributed by atoms with van der Waals surface area (Å²) in [4.78, 5) is 142. The van der Waals surface area contributed by atoms with Crippen LogP contribution in [0.2, 0.25) is 0 Å². The highest BCUT2D eigenvalue weighted by molar-refractivity contribution is 7.73. The Morgan fingerprint density at radius 3 is 0.827 bits per heavy atom. The minimum atomic E-state index is -1.35. The van der Waals surface area contributed by atoms with Crippen LogP contribution in [0.15, 0.2) is 69.3 Å². The maximum atomic E-state index is 12.3. The number of methoxy groups -OCH3 is 4. The van der Waals surface area contributed by atoms with Gasteiger partial charge in [0.2, 0.25) is 0 Å². The molecule has 5 aliphatic heterocycles. The number of aliphatic hydroxyl groups excluding tert-OH is 9. The molecule has 0 radical (unpaired) electrons. The van der Waals surface area contributed by atoms with Gasteiger partial charge >= 0.3 is 35.0 Å². The zero-order valence-electron chi connectivity index (χ0n) is 74.6. The number of H-pyrrole nitrogens is 5. The molecular weight excluding hydrogens is 1800 g/mol. The van der Waals surface area contributed by atoms with Gasteiger partial charge in [0.15, 0.2) is 40.7 Å². The van der Waals surface area contributed by atoms with Crippen molar-refractivity contribution >= 4 is 108 Å². The Hall–Kier alpha value is -6.53. The third kappa shape index (κ3) is 31.3. The fourth-order valence-corrected chi connectivity index (χ4v) is 19.1. The smallest absolute Gasteiger partial charge is 0.330 e. The van der Waals surface area contributed by atoms with Gasteiger partial charge in [0.1, 0.15) is 61.0 Å². The second-order valence-electron chi connectivity index (χ2n) is 35.1. The van der Waals surface area contributed by atoms with E-state index in [4.69, 9.17) is 52.9 Å². The van der Waals surface area contributed by atoms with Gasteiger partial charge in [-0.05, 0) is 168 Å². The number of aromatic nitrogens is 10. The van der Waals surface area contributed by atoms with E-state index in [1.54, 1.807) is 20.3 Å². The van der Waals surface area contributed by atoms with Crippen LogP contribution in [-0.2, 0) is 89.4 Å². The summed E-state index contributed by atoms with van der Waals surface area (Å²) in [5.41, 5.74) is -3.85. The number of ether oxygens (including phenoxy) is 9. The number of hydrogen-bond acceptors (Lipinski definition) is 33. The Balaban J connectivity index is 0.000000245. The first-order chi connectivity index (χ1) is 58.9. The third-order valence-corrected chi connectivity index (χ3v) is 29.0. The van der Waals surface area contributed by atoms with Gasteiger partial charge in [0, 0.05) is 79.0 Å². The summed E-state index contributed by atoms with van der Waals surface area (Å²) >= 11 is 10.3. The molecule has 10 rings (SSSR count). The molecule has 5 aromatic rings. The van der Waals surface area contributed by atoms with E-state index in [-0.39, 0.29) is 57.6 Å². The average Bonchev–Trinajstić information content (AvgIpc) is 1.68. The molecule has 127 heavy (non-hydrogen) atoms. The minimum absolute atomic E-state index is 0.00462. The lowest BCUT2D eigenvalue weighted by Gasteiger charge is -2.20. The lowest BCUT2D eigenvalue weighted by atomic mass is 10.1. The largest absolute Gasteiger partial charge is 0.469 e. The maximum absolute atomic E-state index is 12.3. The second kappa shape index (κ2) is 47.2. The second-order valence-corrected chi connectivity index (χ2v) is 57.5. The summed E-state index contributed by atoms with van der Waals surface area (Å²) in [6.07, 6.45) is 14.6. The fraction of sp³-hybridized carbons (Fsp3) is 0.646. The van der Waals surface area contributed by atoms with Crippen LogP contribution in [0.25, 0.3) is 0 Å². The van der Waals surface area contributed by atoms with Crippen molar-refractivity contribution in [1.29, 1.82) is 0 Å². The van der Waals surface area contributed by atoms with Crippen molar-refractivity contribution < 1.29 is 103 Å². The molecule has 41 nitrogen and oxygen atoms in total. The Labute approximate surface area is 744 Å². The van der Waals surface area contributed by atoms with Gasteiger partial charge in [-0.1, -0.05) is 0 Å². The Kier molecular flexibility index (Phi) is 40.6. The maximum Gasteiger partial charge on any atom is 0.330 e. The standard InChI is InChI=1S/C17H27N2O7P.C16H25N2O7P.C16H25N2O6PS.C15H26N3O5P.C15H26N3O4PS/c1-24-12(20)8-10-9-19(17(23)18-15(10)22)16-14(25-2)13(21)11(26-16)6-7-27(3,4)5;1-24-11(19)7-9-8-18(16(23)17-14(9)22)15-13(21)12(20)10(25-15)5-6-26(2,3)4;1-23-11(19)7-9-8-18(16(26)17-14(9)22)15-13(21)12(20)10(24-15)5-6-25(2,3)4;1-16-7-9-8-18(15(22)17-13(9)21)14-12(20)11(19)10(23-14)5-6-24(2,3)4;1-16-7-9-8-18(15(24)17-13(9)21)14-12(20)11(19)10(22-14)5-6-23(2,3)4/h9,11,13-14,16,21H,3,6-8H2,1-2,4-5H3,(H,18,22,23);8,10,12-13,15,20-21H,2,5-7H2,1,3-4H3,(H,17,22,23);8,10,12-13,15,20-21H,2,5-7H2,1,3-4H3,(H,17,22,26);8,10-12,14,16,19-20H,2,5-7H2,1,3-4H3,(H,17,21,22);8,10-12,14,16,19-20H,2,5-7H2,1,3-4H3,(H,17,21,24)/t11-,13-,14-,16?;2*10-,12-,13-,15?;2*10-,11-,12-,14?/m11111/s1. The van der Waals surface area contributed by atoms with Crippen molar-refractivity contribution in [2.75, 3.05) is 140 Å². The molecule has 716 valence electrons. The Bertz CT molecular complexity index is 5260. The van der Waals surface area contributed by atoms with E-state index in [9.17, 15) is 98.7 Å². The summed E-state index contributed by atoms with van der Waals surface area (Å²) in [6, 6.07) is 0. The zero-order chi connectivity index (χ0) is 95.8. The van der Waals surface area contributed by atoms with E-state index in [0.29, 0.717) is 49.8 Å². The van der Waals surface area contributed by atoms with Crippen molar-refractivity contribution in [2.24, 2.45) is 0 Å². The number of aromatic amines is 5. The van der Waals surface area contributed by atoms with Crippen molar-refractivity contribution in [3.8, 4) is 0 Å². The Morgan fingerprint density at radius 2 is 0.567 bits per heavy atom. The van der Waals surface area contributed by atoms with E-state index in [2.05, 4.69) is 135 Å². The predicted molar refractivity (Wildman–Crippen MR) is 500 cm³/mol. The quantitative estimate of drug-likeness (QED) is 0.0101. The fourth-order valence-electron chi connectivity index (χ4n) is 13.9. The molecule has 5 unspecified atom stereocenters. The average molecular weight is 1930 g/mol. The number of hydrogen-bond donors (Lipinski definition) is 16. The van der Waals surface area contributed by atoms with Crippen molar-refractivity contribution in [2.45, 2.75) is 187 Å². The van der Waals surface area contributed by atoms with Crippen LogP contribution in [0.1, 0.15) is 91.1 Å².